The lowest BCUT2D eigenvalue weighted by atomic mass is 10.1. The van der Waals surface area contributed by atoms with Crippen molar-refractivity contribution in [1.82, 2.24) is 14.6 Å². The summed E-state index contributed by atoms with van der Waals surface area (Å²) in [6.45, 7) is 1.34. The van der Waals surface area contributed by atoms with Gasteiger partial charge in [-0.05, 0) is 67.8 Å². The maximum atomic E-state index is 12.8. The lowest BCUT2D eigenvalue weighted by Gasteiger charge is -2.08. The molecule has 6 nitrogen and oxygen atoms in total. The summed E-state index contributed by atoms with van der Waals surface area (Å²) in [6.07, 6.45) is 2.58. The van der Waals surface area contributed by atoms with Crippen LogP contribution < -0.4 is 10.0 Å². The number of hydrogen-bond acceptors (Lipinski definition) is 3. The van der Waals surface area contributed by atoms with Gasteiger partial charge < -0.3 is 9.88 Å². The number of benzene rings is 3. The van der Waals surface area contributed by atoms with Gasteiger partial charge in [0.2, 0.25) is 10.0 Å². The third-order valence-electron chi connectivity index (χ3n) is 6.13. The molecule has 7 heteroatoms. The third-order valence-corrected chi connectivity index (χ3v) is 7.56. The molecule has 0 aliphatic heterocycles. The summed E-state index contributed by atoms with van der Waals surface area (Å²) in [5.74, 6) is 0.601. The quantitative estimate of drug-likeness (QED) is 0.449. The first-order valence-corrected chi connectivity index (χ1v) is 12.3. The van der Waals surface area contributed by atoms with Crippen LogP contribution >= 0.6 is 0 Å². The van der Waals surface area contributed by atoms with E-state index in [1.54, 1.807) is 12.1 Å². The Morgan fingerprint density at radius 1 is 0.969 bits per heavy atom. The average molecular weight is 448 g/mol. The van der Waals surface area contributed by atoms with Crippen molar-refractivity contribution in [2.45, 2.75) is 30.8 Å². The van der Waals surface area contributed by atoms with Gasteiger partial charge in [-0.15, -0.1) is 0 Å². The number of nitrogens with zero attached hydrogens (tertiary/aromatic N) is 1. The summed E-state index contributed by atoms with van der Waals surface area (Å²) in [5.41, 5.74) is 3.82. The maximum absolute atomic E-state index is 12.8. The number of para-hydroxylation sites is 1. The van der Waals surface area contributed by atoms with E-state index in [4.69, 9.17) is 0 Å². The number of nitrogens with one attached hydrogen (secondary N) is 2. The summed E-state index contributed by atoms with van der Waals surface area (Å²) in [7, 11) is -2.09. The zero-order chi connectivity index (χ0) is 22.3. The normalized spacial score (nSPS) is 14.2. The van der Waals surface area contributed by atoms with E-state index in [-0.39, 0.29) is 10.8 Å². The van der Waals surface area contributed by atoms with Crippen molar-refractivity contribution >= 4 is 37.7 Å². The summed E-state index contributed by atoms with van der Waals surface area (Å²) < 4.78 is 28.4. The zero-order valence-corrected chi connectivity index (χ0v) is 18.7. The summed E-state index contributed by atoms with van der Waals surface area (Å²) in [4.78, 5) is 13.0. The SMILES string of the molecule is CNS(=O)(=O)c1ccc(CNC(=O)c2ccc3c(c2)c2ccccc2n3CC2CC2)cc1. The standard InChI is InChI=1S/C25H25N3O3S/c1-26-32(30,31)20-11-8-17(9-12-20)15-27-25(29)19-10-13-24-22(14-19)21-4-2-3-5-23(21)28(24)16-18-6-7-18/h2-5,8-14,18,26H,6-7,15-16H2,1H3,(H,27,29). The molecule has 1 amide bonds. The number of hydrogen-bond donors (Lipinski definition) is 2. The predicted molar refractivity (Wildman–Crippen MR) is 126 cm³/mol. The lowest BCUT2D eigenvalue weighted by Crippen LogP contribution is -2.23. The monoisotopic (exact) mass is 447 g/mol. The third kappa shape index (κ3) is 3.89. The van der Waals surface area contributed by atoms with Crippen molar-refractivity contribution in [3.8, 4) is 0 Å². The minimum absolute atomic E-state index is 0.155. The largest absolute Gasteiger partial charge is 0.348 e. The van der Waals surface area contributed by atoms with Crippen LogP contribution in [0.25, 0.3) is 21.8 Å². The summed E-state index contributed by atoms with van der Waals surface area (Å²) in [6, 6.07) is 20.7. The zero-order valence-electron chi connectivity index (χ0n) is 17.8. The fourth-order valence-electron chi connectivity index (χ4n) is 4.14. The van der Waals surface area contributed by atoms with Crippen molar-refractivity contribution in [3.05, 3.63) is 77.9 Å². The van der Waals surface area contributed by atoms with Gasteiger partial charge in [-0.25, -0.2) is 13.1 Å². The Morgan fingerprint density at radius 2 is 1.69 bits per heavy atom. The predicted octanol–water partition coefficient (Wildman–Crippen LogP) is 4.04. The molecule has 164 valence electrons. The Balaban J connectivity index is 1.38. The number of carbonyl (C=O) groups excluding carboxylic acids is 1. The highest BCUT2D eigenvalue weighted by molar-refractivity contribution is 7.89. The molecule has 5 rings (SSSR count). The van der Waals surface area contributed by atoms with Gasteiger partial charge in [-0.1, -0.05) is 30.3 Å². The highest BCUT2D eigenvalue weighted by Gasteiger charge is 2.24. The van der Waals surface area contributed by atoms with Gasteiger partial charge in [-0.3, -0.25) is 4.79 Å². The molecule has 0 atom stereocenters. The van der Waals surface area contributed by atoms with Gasteiger partial charge >= 0.3 is 0 Å². The topological polar surface area (TPSA) is 80.2 Å². The first-order valence-electron chi connectivity index (χ1n) is 10.8. The van der Waals surface area contributed by atoms with Gasteiger partial charge in [0.15, 0.2) is 0 Å². The number of sulfonamides is 1. The summed E-state index contributed by atoms with van der Waals surface area (Å²) in [5, 5.41) is 5.20. The van der Waals surface area contributed by atoms with Gasteiger partial charge in [0.05, 0.1) is 4.90 Å². The second-order valence-corrected chi connectivity index (χ2v) is 10.2. The molecular weight excluding hydrogens is 422 g/mol. The van der Waals surface area contributed by atoms with Crippen molar-refractivity contribution in [2.24, 2.45) is 5.92 Å². The number of fused-ring (bicyclic) bond motifs is 3. The van der Waals surface area contributed by atoms with E-state index in [1.165, 1.54) is 42.9 Å². The van der Waals surface area contributed by atoms with Crippen molar-refractivity contribution in [3.63, 3.8) is 0 Å². The fourth-order valence-corrected chi connectivity index (χ4v) is 4.87. The van der Waals surface area contributed by atoms with E-state index in [9.17, 15) is 13.2 Å². The lowest BCUT2D eigenvalue weighted by molar-refractivity contribution is 0.0951. The molecule has 3 aromatic carbocycles. The molecule has 1 fully saturated rings. The number of aromatic nitrogens is 1. The average Bonchev–Trinajstić information content (AvgIpc) is 3.60. The Bertz CT molecular complexity index is 1420. The Morgan fingerprint density at radius 3 is 2.41 bits per heavy atom. The number of carbonyl (C=O) groups is 1. The van der Waals surface area contributed by atoms with Crippen molar-refractivity contribution < 1.29 is 13.2 Å². The number of amides is 1. The molecular formula is C25H25N3O3S. The molecule has 32 heavy (non-hydrogen) atoms. The second kappa shape index (κ2) is 8.07. The maximum Gasteiger partial charge on any atom is 0.251 e. The van der Waals surface area contributed by atoms with E-state index >= 15 is 0 Å². The smallest absolute Gasteiger partial charge is 0.251 e. The highest BCUT2D eigenvalue weighted by Crippen LogP contribution is 2.36. The van der Waals surface area contributed by atoms with Crippen LogP contribution in [0.5, 0.6) is 0 Å². The van der Waals surface area contributed by atoms with E-state index in [2.05, 4.69) is 32.8 Å². The summed E-state index contributed by atoms with van der Waals surface area (Å²) >= 11 is 0. The van der Waals surface area contributed by atoms with E-state index in [0.717, 1.165) is 28.9 Å². The van der Waals surface area contributed by atoms with Gasteiger partial charge in [0.1, 0.15) is 0 Å². The van der Waals surface area contributed by atoms with Crippen molar-refractivity contribution in [1.29, 1.82) is 0 Å². The second-order valence-electron chi connectivity index (χ2n) is 8.34. The van der Waals surface area contributed by atoms with E-state index in [0.29, 0.717) is 12.1 Å². The Kier molecular flexibility index (Phi) is 5.23. The molecule has 0 radical (unpaired) electrons. The minimum atomic E-state index is -3.47. The molecule has 1 aliphatic carbocycles. The molecule has 2 N–H and O–H groups in total. The molecule has 1 heterocycles. The van der Waals surface area contributed by atoms with Crippen LogP contribution in [-0.4, -0.2) is 25.9 Å². The highest BCUT2D eigenvalue weighted by atomic mass is 32.2. The molecule has 0 saturated heterocycles. The Labute approximate surface area is 187 Å². The fraction of sp³-hybridized carbons (Fsp3) is 0.240. The van der Waals surface area contributed by atoms with Crippen LogP contribution in [0.15, 0.2) is 71.6 Å². The minimum Gasteiger partial charge on any atom is -0.348 e. The molecule has 0 spiro atoms. The van der Waals surface area contributed by atoms with Gasteiger partial charge in [-0.2, -0.15) is 0 Å². The van der Waals surface area contributed by atoms with Crippen LogP contribution in [0.3, 0.4) is 0 Å². The molecule has 1 aromatic heterocycles. The van der Waals surface area contributed by atoms with E-state index < -0.39 is 10.0 Å². The Hall–Kier alpha value is -3.16. The molecule has 1 aliphatic rings. The van der Waals surface area contributed by atoms with Crippen molar-refractivity contribution in [2.75, 3.05) is 7.05 Å². The van der Waals surface area contributed by atoms with Crippen LogP contribution in [0, 0.1) is 5.92 Å². The molecule has 4 aromatic rings. The van der Waals surface area contributed by atoms with E-state index in [1.807, 2.05) is 24.3 Å². The van der Waals surface area contributed by atoms with Gasteiger partial charge in [0.25, 0.3) is 5.91 Å². The van der Waals surface area contributed by atoms with Crippen LogP contribution in [0.1, 0.15) is 28.8 Å². The molecule has 0 bridgehead atoms. The molecule has 1 saturated carbocycles. The first-order chi connectivity index (χ1) is 15.5. The molecule has 0 unspecified atom stereocenters. The van der Waals surface area contributed by atoms with Gasteiger partial charge in [0, 0.05) is 40.5 Å². The first kappa shape index (κ1) is 20.7. The van der Waals surface area contributed by atoms with Crippen LogP contribution in [-0.2, 0) is 23.1 Å². The van der Waals surface area contributed by atoms with Crippen LogP contribution in [0.2, 0.25) is 0 Å². The van der Waals surface area contributed by atoms with Crippen LogP contribution in [0.4, 0.5) is 0 Å². The number of rotatable bonds is 7.